The van der Waals surface area contributed by atoms with Gasteiger partial charge < -0.3 is 20.5 Å². The highest BCUT2D eigenvalue weighted by molar-refractivity contribution is 7.91. The zero-order valence-electron chi connectivity index (χ0n) is 16.8. The van der Waals surface area contributed by atoms with Crippen molar-refractivity contribution in [3.05, 3.63) is 23.8 Å². The lowest BCUT2D eigenvalue weighted by Gasteiger charge is -2.34. The molecule has 1 heterocycles. The lowest BCUT2D eigenvalue weighted by atomic mass is 9.94. The van der Waals surface area contributed by atoms with Crippen LogP contribution >= 0.6 is 0 Å². The number of alkyl carbamates (subject to hydrolysis) is 1. The Morgan fingerprint density at radius 3 is 2.46 bits per heavy atom. The van der Waals surface area contributed by atoms with E-state index in [4.69, 9.17) is 15.2 Å². The number of ether oxygens (including phenoxy) is 2. The molecule has 0 aromatic heterocycles. The average Bonchev–Trinajstić information content (AvgIpc) is 2.55. The predicted octanol–water partition coefficient (Wildman–Crippen LogP) is 2.52. The molecule has 1 aromatic rings. The minimum atomic E-state index is -3.86. The molecule has 156 valence electrons. The van der Waals surface area contributed by atoms with Crippen molar-refractivity contribution in [3.8, 4) is 5.75 Å². The molecule has 0 fully saturated rings. The fraction of sp³-hybridized carbons (Fsp3) is 0.556. The summed E-state index contributed by atoms with van der Waals surface area (Å²) in [5.74, 6) is 0.224. The first-order valence-electron chi connectivity index (χ1n) is 9.06. The van der Waals surface area contributed by atoms with Gasteiger partial charge in [0.25, 0.3) is 0 Å². The van der Waals surface area contributed by atoms with E-state index in [9.17, 15) is 13.2 Å². The number of rotatable bonds is 6. The van der Waals surface area contributed by atoms with Crippen molar-refractivity contribution in [2.45, 2.75) is 58.6 Å². The first-order chi connectivity index (χ1) is 12.9. The van der Waals surface area contributed by atoms with Crippen LogP contribution in [0, 0.1) is 0 Å². The maximum absolute atomic E-state index is 12.3. The monoisotopic (exact) mass is 412 g/mol. The van der Waals surface area contributed by atoms with Gasteiger partial charge in [0.05, 0.1) is 16.8 Å². The standard InChI is InChI=1S/C18H28N4O5S/c1-6-18(7-2,20-16(23)27-17(3,4)5)11-26-13-10-8-9-12-14(13)15(19)22-28(24,25)21-12/h8-10,21H,6-7,11H2,1-5H3,(H2,19,22)(H,20,23). The van der Waals surface area contributed by atoms with Crippen LogP contribution in [0.3, 0.4) is 0 Å². The summed E-state index contributed by atoms with van der Waals surface area (Å²) in [4.78, 5) is 12.3. The number of nitrogens with one attached hydrogen (secondary N) is 2. The molecule has 28 heavy (non-hydrogen) atoms. The molecule has 0 saturated carbocycles. The van der Waals surface area contributed by atoms with E-state index in [0.717, 1.165) is 0 Å². The minimum absolute atomic E-state index is 0.149. The number of nitrogens with two attached hydrogens (primary N) is 1. The summed E-state index contributed by atoms with van der Waals surface area (Å²) in [6.45, 7) is 9.41. The Hall–Kier alpha value is -2.49. The number of nitrogens with zero attached hydrogens (tertiary/aromatic N) is 1. The van der Waals surface area contributed by atoms with E-state index >= 15 is 0 Å². The number of benzene rings is 1. The van der Waals surface area contributed by atoms with E-state index in [1.165, 1.54) is 0 Å². The SMILES string of the molecule is CCC(CC)(COc1cccc2c1C(N)=NS(=O)(=O)N2)NC(=O)OC(C)(C)C. The molecule has 0 unspecified atom stereocenters. The molecule has 1 aromatic carbocycles. The second-order valence-corrected chi connectivity index (χ2v) is 8.97. The maximum Gasteiger partial charge on any atom is 0.408 e. The molecular formula is C18H28N4O5S. The Balaban J connectivity index is 2.23. The Morgan fingerprint density at radius 2 is 1.89 bits per heavy atom. The number of carbonyl (C=O) groups excluding carboxylic acids is 1. The maximum atomic E-state index is 12.3. The smallest absolute Gasteiger partial charge is 0.408 e. The van der Waals surface area contributed by atoms with Crippen LogP contribution in [0.1, 0.15) is 53.0 Å². The molecular weight excluding hydrogens is 384 g/mol. The molecule has 0 aliphatic carbocycles. The van der Waals surface area contributed by atoms with Gasteiger partial charge in [0.1, 0.15) is 18.0 Å². The van der Waals surface area contributed by atoms with E-state index in [1.807, 2.05) is 13.8 Å². The van der Waals surface area contributed by atoms with Crippen LogP contribution in [-0.2, 0) is 14.9 Å². The molecule has 1 aliphatic rings. The summed E-state index contributed by atoms with van der Waals surface area (Å²) in [6.07, 6.45) is 0.686. The highest BCUT2D eigenvalue weighted by Crippen LogP contribution is 2.31. The van der Waals surface area contributed by atoms with E-state index in [0.29, 0.717) is 29.8 Å². The second kappa shape index (κ2) is 7.86. The van der Waals surface area contributed by atoms with Crippen LogP contribution in [0.2, 0.25) is 0 Å². The van der Waals surface area contributed by atoms with Crippen molar-refractivity contribution in [2.75, 3.05) is 11.3 Å². The van der Waals surface area contributed by atoms with Crippen LogP contribution in [0.15, 0.2) is 22.6 Å². The summed E-state index contributed by atoms with van der Waals surface area (Å²) < 4.78 is 40.5. The summed E-state index contributed by atoms with van der Waals surface area (Å²) in [5.41, 5.74) is 5.23. The van der Waals surface area contributed by atoms with Crippen LogP contribution in [0.4, 0.5) is 10.5 Å². The number of carbonyl (C=O) groups is 1. The third-order valence-electron chi connectivity index (χ3n) is 4.36. The molecule has 10 heteroatoms. The fourth-order valence-electron chi connectivity index (χ4n) is 2.74. The number of fused-ring (bicyclic) bond motifs is 1. The van der Waals surface area contributed by atoms with Gasteiger partial charge in [-0.15, -0.1) is 4.40 Å². The normalized spacial score (nSPS) is 15.7. The van der Waals surface area contributed by atoms with Crippen molar-refractivity contribution >= 4 is 27.8 Å². The summed E-state index contributed by atoms with van der Waals surface area (Å²) in [7, 11) is -3.86. The van der Waals surface area contributed by atoms with Crippen LogP contribution < -0.4 is 20.5 Å². The molecule has 0 spiro atoms. The quantitative estimate of drug-likeness (QED) is 0.658. The van der Waals surface area contributed by atoms with Gasteiger partial charge in [0, 0.05) is 0 Å². The van der Waals surface area contributed by atoms with Crippen molar-refractivity contribution in [1.82, 2.24) is 5.32 Å². The van der Waals surface area contributed by atoms with Gasteiger partial charge in [-0.3, -0.25) is 4.72 Å². The first kappa shape index (κ1) is 21.8. The number of amides is 1. The molecule has 9 nitrogen and oxygen atoms in total. The molecule has 0 bridgehead atoms. The number of amidine groups is 1. The van der Waals surface area contributed by atoms with Crippen molar-refractivity contribution in [3.63, 3.8) is 0 Å². The van der Waals surface area contributed by atoms with E-state index in [-0.39, 0.29) is 12.4 Å². The molecule has 1 amide bonds. The van der Waals surface area contributed by atoms with Crippen molar-refractivity contribution in [1.29, 1.82) is 0 Å². The van der Waals surface area contributed by atoms with Gasteiger partial charge in [0.15, 0.2) is 5.84 Å². The summed E-state index contributed by atoms with van der Waals surface area (Å²) in [5, 5.41) is 2.90. The lowest BCUT2D eigenvalue weighted by Crippen LogP contribution is -2.53. The summed E-state index contributed by atoms with van der Waals surface area (Å²) in [6, 6.07) is 4.90. The minimum Gasteiger partial charge on any atom is -0.490 e. The van der Waals surface area contributed by atoms with E-state index in [1.54, 1.807) is 39.0 Å². The van der Waals surface area contributed by atoms with Gasteiger partial charge in [-0.25, -0.2) is 4.79 Å². The molecule has 0 radical (unpaired) electrons. The Morgan fingerprint density at radius 1 is 1.25 bits per heavy atom. The number of hydrogen-bond acceptors (Lipinski definition) is 6. The number of hydrogen-bond donors (Lipinski definition) is 3. The van der Waals surface area contributed by atoms with Gasteiger partial charge >= 0.3 is 16.3 Å². The molecule has 2 rings (SSSR count). The van der Waals surface area contributed by atoms with Gasteiger partial charge in [0.2, 0.25) is 0 Å². The first-order valence-corrected chi connectivity index (χ1v) is 10.5. The Labute approximate surface area is 165 Å². The lowest BCUT2D eigenvalue weighted by molar-refractivity contribution is 0.0401. The highest BCUT2D eigenvalue weighted by atomic mass is 32.2. The third-order valence-corrected chi connectivity index (χ3v) is 5.28. The number of anilines is 1. The van der Waals surface area contributed by atoms with E-state index in [2.05, 4.69) is 14.4 Å². The van der Waals surface area contributed by atoms with E-state index < -0.39 is 27.4 Å². The van der Waals surface area contributed by atoms with Crippen LogP contribution in [0.25, 0.3) is 0 Å². The topological polar surface area (TPSA) is 132 Å². The van der Waals surface area contributed by atoms with Gasteiger partial charge in [-0.05, 0) is 45.7 Å². The fourth-order valence-corrected chi connectivity index (χ4v) is 3.58. The third kappa shape index (κ3) is 5.28. The molecule has 1 aliphatic heterocycles. The van der Waals surface area contributed by atoms with Crippen LogP contribution in [-0.4, -0.2) is 38.1 Å². The molecule has 0 saturated heterocycles. The van der Waals surface area contributed by atoms with Gasteiger partial charge in [-0.2, -0.15) is 8.42 Å². The van der Waals surface area contributed by atoms with Crippen molar-refractivity contribution < 1.29 is 22.7 Å². The largest absolute Gasteiger partial charge is 0.490 e. The zero-order chi connectivity index (χ0) is 21.2. The summed E-state index contributed by atoms with van der Waals surface area (Å²) >= 11 is 0. The average molecular weight is 413 g/mol. The Bertz CT molecular complexity index is 870. The van der Waals surface area contributed by atoms with Gasteiger partial charge in [-0.1, -0.05) is 19.9 Å². The van der Waals surface area contributed by atoms with Crippen molar-refractivity contribution in [2.24, 2.45) is 10.1 Å². The zero-order valence-corrected chi connectivity index (χ0v) is 17.6. The highest BCUT2D eigenvalue weighted by Gasteiger charge is 2.32. The molecule has 0 atom stereocenters. The predicted molar refractivity (Wildman–Crippen MR) is 108 cm³/mol. The second-order valence-electron chi connectivity index (χ2n) is 7.64. The van der Waals surface area contributed by atoms with Crippen LogP contribution in [0.5, 0.6) is 5.75 Å². The Kier molecular flexibility index (Phi) is 6.12. The molecule has 4 N–H and O–H groups in total.